The van der Waals surface area contributed by atoms with Crippen LogP contribution in [-0.4, -0.2) is 29.7 Å². The zero-order chi connectivity index (χ0) is 14.0. The van der Waals surface area contributed by atoms with Gasteiger partial charge in [-0.15, -0.1) is 0 Å². The molecule has 6 heteroatoms. The molecular formula is C13H17NO5. The Morgan fingerprint density at radius 3 is 2.89 bits per heavy atom. The molecule has 2 N–H and O–H groups in total. The molecule has 0 saturated heterocycles. The summed E-state index contributed by atoms with van der Waals surface area (Å²) in [5.41, 5.74) is 0.128. The maximum Gasteiger partial charge on any atom is 0.339 e. The third kappa shape index (κ3) is 3.14. The van der Waals surface area contributed by atoms with Crippen LogP contribution in [0.3, 0.4) is 0 Å². The molecule has 0 radical (unpaired) electrons. The van der Waals surface area contributed by atoms with E-state index in [0.29, 0.717) is 18.1 Å². The van der Waals surface area contributed by atoms with Gasteiger partial charge in [-0.2, -0.15) is 0 Å². The lowest BCUT2D eigenvalue weighted by Crippen LogP contribution is -2.25. The summed E-state index contributed by atoms with van der Waals surface area (Å²) in [6.07, 6.45) is 0.773. The van der Waals surface area contributed by atoms with Gasteiger partial charge < -0.3 is 19.6 Å². The number of rotatable bonds is 6. The normalized spacial score (nSPS) is 21.2. The smallest absolute Gasteiger partial charge is 0.339 e. The minimum absolute atomic E-state index is 0.0258. The summed E-state index contributed by atoms with van der Waals surface area (Å²) in [4.78, 5) is 22.6. The molecular weight excluding hydrogens is 250 g/mol. The highest BCUT2D eigenvalue weighted by atomic mass is 16.5. The summed E-state index contributed by atoms with van der Waals surface area (Å²) in [6, 6.07) is 1.44. The molecule has 0 aromatic carbocycles. The molecule has 0 bridgehead atoms. The Bertz CT molecular complexity index is 493. The summed E-state index contributed by atoms with van der Waals surface area (Å²) in [5.74, 6) is -0.413. The number of furan rings is 1. The molecule has 19 heavy (non-hydrogen) atoms. The number of amides is 1. The number of hydrogen-bond donors (Lipinski definition) is 2. The van der Waals surface area contributed by atoms with Gasteiger partial charge in [-0.25, -0.2) is 4.79 Å². The number of carbonyl (C=O) groups is 2. The van der Waals surface area contributed by atoms with E-state index in [2.05, 4.69) is 5.32 Å². The van der Waals surface area contributed by atoms with Gasteiger partial charge in [-0.1, -0.05) is 0 Å². The highest BCUT2D eigenvalue weighted by molar-refractivity contribution is 5.88. The third-order valence-electron chi connectivity index (χ3n) is 3.09. The van der Waals surface area contributed by atoms with Crippen LogP contribution in [0.4, 0.5) is 0 Å². The first kappa shape index (κ1) is 13.6. The minimum Gasteiger partial charge on any atom is -0.478 e. The van der Waals surface area contributed by atoms with E-state index in [0.717, 1.165) is 6.42 Å². The van der Waals surface area contributed by atoms with Crippen LogP contribution in [0.5, 0.6) is 0 Å². The number of carboxylic acid groups (broad SMARTS) is 1. The van der Waals surface area contributed by atoms with Crippen LogP contribution in [0.25, 0.3) is 0 Å². The third-order valence-corrected chi connectivity index (χ3v) is 3.09. The Labute approximate surface area is 110 Å². The van der Waals surface area contributed by atoms with Gasteiger partial charge in [0, 0.05) is 6.61 Å². The second-order valence-electron chi connectivity index (χ2n) is 4.54. The standard InChI is InChI=1S/C13H17NO5/c1-3-18-11-5-10(11)12(15)14-6-8-4-9(13(16)17)7(2)19-8/h4,10-11H,3,5-6H2,1-2H3,(H,14,15)(H,16,17)/t10-,11+/m0/s1. The fourth-order valence-electron chi connectivity index (χ4n) is 1.99. The van der Waals surface area contributed by atoms with E-state index in [1.165, 1.54) is 6.07 Å². The van der Waals surface area contributed by atoms with E-state index in [4.69, 9.17) is 14.3 Å². The zero-order valence-electron chi connectivity index (χ0n) is 10.9. The van der Waals surface area contributed by atoms with Crippen molar-refractivity contribution in [3.8, 4) is 0 Å². The highest BCUT2D eigenvalue weighted by Crippen LogP contribution is 2.33. The van der Waals surface area contributed by atoms with Crippen molar-refractivity contribution in [2.75, 3.05) is 6.61 Å². The quantitative estimate of drug-likeness (QED) is 0.811. The molecule has 1 saturated carbocycles. The van der Waals surface area contributed by atoms with E-state index in [1.54, 1.807) is 6.92 Å². The molecule has 1 aliphatic carbocycles. The van der Waals surface area contributed by atoms with Crippen molar-refractivity contribution in [3.05, 3.63) is 23.2 Å². The molecule has 2 atom stereocenters. The largest absolute Gasteiger partial charge is 0.478 e. The Kier molecular flexibility index (Phi) is 3.90. The maximum atomic E-state index is 11.7. The van der Waals surface area contributed by atoms with Gasteiger partial charge in [-0.3, -0.25) is 4.79 Å². The van der Waals surface area contributed by atoms with Crippen LogP contribution in [-0.2, 0) is 16.1 Å². The van der Waals surface area contributed by atoms with Gasteiger partial charge in [0.2, 0.25) is 5.91 Å². The van der Waals surface area contributed by atoms with Crippen LogP contribution >= 0.6 is 0 Å². The highest BCUT2D eigenvalue weighted by Gasteiger charge is 2.43. The van der Waals surface area contributed by atoms with Gasteiger partial charge >= 0.3 is 5.97 Å². The van der Waals surface area contributed by atoms with Crippen molar-refractivity contribution in [2.24, 2.45) is 5.92 Å². The molecule has 1 aromatic heterocycles. The number of nitrogens with one attached hydrogen (secondary N) is 1. The number of carbonyl (C=O) groups excluding carboxylic acids is 1. The first-order valence-electron chi connectivity index (χ1n) is 6.24. The topological polar surface area (TPSA) is 88.8 Å². The van der Waals surface area contributed by atoms with Crippen molar-refractivity contribution in [1.29, 1.82) is 0 Å². The Morgan fingerprint density at radius 1 is 1.58 bits per heavy atom. The Balaban J connectivity index is 1.84. The lowest BCUT2D eigenvalue weighted by molar-refractivity contribution is -0.123. The monoisotopic (exact) mass is 267 g/mol. The van der Waals surface area contributed by atoms with Crippen LogP contribution in [0.1, 0.15) is 35.2 Å². The summed E-state index contributed by atoms with van der Waals surface area (Å²) in [6.45, 7) is 4.28. The molecule has 1 amide bonds. The number of aromatic carboxylic acids is 1. The maximum absolute atomic E-state index is 11.7. The van der Waals surface area contributed by atoms with Gasteiger partial charge in [0.05, 0.1) is 18.6 Å². The van der Waals surface area contributed by atoms with E-state index in [9.17, 15) is 9.59 Å². The molecule has 0 unspecified atom stereocenters. The molecule has 2 rings (SSSR count). The van der Waals surface area contributed by atoms with Gasteiger partial charge in [-0.05, 0) is 26.3 Å². The number of carboxylic acids is 1. The summed E-state index contributed by atoms with van der Waals surface area (Å²) >= 11 is 0. The average molecular weight is 267 g/mol. The van der Waals surface area contributed by atoms with Crippen molar-refractivity contribution >= 4 is 11.9 Å². The summed E-state index contributed by atoms with van der Waals surface area (Å²) in [5, 5.41) is 11.6. The van der Waals surface area contributed by atoms with E-state index >= 15 is 0 Å². The molecule has 1 aromatic rings. The van der Waals surface area contributed by atoms with Crippen LogP contribution in [0, 0.1) is 12.8 Å². The average Bonchev–Trinajstić information content (AvgIpc) is 3.01. The fraction of sp³-hybridized carbons (Fsp3) is 0.538. The second-order valence-corrected chi connectivity index (χ2v) is 4.54. The molecule has 6 nitrogen and oxygen atoms in total. The first-order valence-corrected chi connectivity index (χ1v) is 6.24. The molecule has 1 aliphatic rings. The van der Waals surface area contributed by atoms with Crippen LogP contribution in [0.2, 0.25) is 0 Å². The van der Waals surface area contributed by atoms with Gasteiger partial charge in [0.15, 0.2) is 0 Å². The van der Waals surface area contributed by atoms with Gasteiger partial charge in [0.25, 0.3) is 0 Å². The predicted molar refractivity (Wildman–Crippen MR) is 65.8 cm³/mol. The summed E-state index contributed by atoms with van der Waals surface area (Å²) < 4.78 is 10.6. The Hall–Kier alpha value is -1.82. The lowest BCUT2D eigenvalue weighted by Gasteiger charge is -2.02. The number of hydrogen-bond acceptors (Lipinski definition) is 4. The Morgan fingerprint density at radius 2 is 2.32 bits per heavy atom. The second kappa shape index (κ2) is 5.44. The van der Waals surface area contributed by atoms with Crippen molar-refractivity contribution in [2.45, 2.75) is 32.9 Å². The van der Waals surface area contributed by atoms with E-state index in [-0.39, 0.29) is 30.0 Å². The zero-order valence-corrected chi connectivity index (χ0v) is 10.9. The minimum atomic E-state index is -1.03. The van der Waals surface area contributed by atoms with Crippen molar-refractivity contribution in [1.82, 2.24) is 5.32 Å². The van der Waals surface area contributed by atoms with Gasteiger partial charge in [0.1, 0.15) is 17.1 Å². The van der Waals surface area contributed by atoms with E-state index in [1.807, 2.05) is 6.92 Å². The summed E-state index contributed by atoms with van der Waals surface area (Å²) in [7, 11) is 0. The number of aryl methyl sites for hydroxylation is 1. The van der Waals surface area contributed by atoms with Crippen LogP contribution < -0.4 is 5.32 Å². The van der Waals surface area contributed by atoms with Crippen molar-refractivity contribution in [3.63, 3.8) is 0 Å². The predicted octanol–water partition coefficient (Wildman–Crippen LogP) is 1.33. The molecule has 0 aliphatic heterocycles. The molecule has 1 fully saturated rings. The molecule has 1 heterocycles. The lowest BCUT2D eigenvalue weighted by atomic mass is 10.2. The van der Waals surface area contributed by atoms with E-state index < -0.39 is 5.97 Å². The number of ether oxygens (including phenoxy) is 1. The SMILES string of the molecule is CCO[C@@H]1C[C@@H]1C(=O)NCc1cc(C(=O)O)c(C)o1. The van der Waals surface area contributed by atoms with Crippen molar-refractivity contribution < 1.29 is 23.8 Å². The van der Waals surface area contributed by atoms with Crippen LogP contribution in [0.15, 0.2) is 10.5 Å². The molecule has 104 valence electrons. The fourth-order valence-corrected chi connectivity index (χ4v) is 1.99. The first-order chi connectivity index (χ1) is 9.02. The molecule has 0 spiro atoms.